The van der Waals surface area contributed by atoms with Crippen molar-refractivity contribution in [1.82, 2.24) is 9.88 Å². The van der Waals surface area contributed by atoms with Gasteiger partial charge in [-0.25, -0.2) is 4.79 Å². The molecule has 0 saturated carbocycles. The van der Waals surface area contributed by atoms with E-state index >= 15 is 0 Å². The van der Waals surface area contributed by atoms with E-state index in [1.54, 1.807) is 12.1 Å². The van der Waals surface area contributed by atoms with Crippen LogP contribution < -0.4 is 0 Å². The number of aromatic nitrogens is 1. The van der Waals surface area contributed by atoms with E-state index in [0.29, 0.717) is 12.1 Å². The van der Waals surface area contributed by atoms with Gasteiger partial charge in [0.1, 0.15) is 12.4 Å². The van der Waals surface area contributed by atoms with Gasteiger partial charge < -0.3 is 19.7 Å². The number of aromatic hydroxyl groups is 1. The van der Waals surface area contributed by atoms with Crippen molar-refractivity contribution >= 4 is 16.9 Å². The number of benzene rings is 2. The third-order valence-electron chi connectivity index (χ3n) is 4.13. The van der Waals surface area contributed by atoms with Gasteiger partial charge in [0.15, 0.2) is 0 Å². The first-order valence-corrected chi connectivity index (χ1v) is 8.16. The van der Waals surface area contributed by atoms with Gasteiger partial charge in [0.05, 0.1) is 5.56 Å². The van der Waals surface area contributed by atoms with Crippen LogP contribution >= 0.6 is 0 Å². The molecule has 0 spiro atoms. The predicted molar refractivity (Wildman–Crippen MR) is 97.7 cm³/mol. The lowest BCUT2D eigenvalue weighted by Crippen LogP contribution is -2.12. The quantitative estimate of drug-likeness (QED) is 0.698. The maximum atomic E-state index is 12.7. The number of H-pyrrole nitrogens is 1. The summed E-state index contributed by atoms with van der Waals surface area (Å²) in [5.41, 5.74) is 3.69. The van der Waals surface area contributed by atoms with Crippen LogP contribution in [-0.4, -0.2) is 35.1 Å². The smallest absolute Gasteiger partial charge is 0.340 e. The summed E-state index contributed by atoms with van der Waals surface area (Å²) in [6.45, 7) is 2.59. The molecule has 1 aromatic heterocycles. The van der Waals surface area contributed by atoms with E-state index in [1.807, 2.05) is 56.3 Å². The first kappa shape index (κ1) is 17.0. The molecular weight excluding hydrogens is 316 g/mol. The highest BCUT2D eigenvalue weighted by Crippen LogP contribution is 2.33. The molecule has 0 aliphatic carbocycles. The summed E-state index contributed by atoms with van der Waals surface area (Å²) in [7, 11) is 3.84. The number of phenols is 1. The zero-order valence-corrected chi connectivity index (χ0v) is 14.7. The van der Waals surface area contributed by atoms with E-state index in [-0.39, 0.29) is 12.4 Å². The molecule has 0 radical (unpaired) electrons. The van der Waals surface area contributed by atoms with E-state index < -0.39 is 5.97 Å². The van der Waals surface area contributed by atoms with Crippen molar-refractivity contribution in [2.24, 2.45) is 0 Å². The highest BCUT2D eigenvalue weighted by Gasteiger charge is 2.22. The van der Waals surface area contributed by atoms with Gasteiger partial charge in [-0.15, -0.1) is 0 Å². The molecule has 0 bridgehead atoms. The second kappa shape index (κ2) is 6.99. The normalized spacial score (nSPS) is 11.2. The SMILES string of the molecule is Cc1[nH]c2ccc(O)c(CN(C)C)c2c1C(=O)OCc1ccccc1. The molecule has 3 aromatic rings. The molecule has 0 atom stereocenters. The van der Waals surface area contributed by atoms with Gasteiger partial charge in [-0.2, -0.15) is 0 Å². The fraction of sp³-hybridized carbons (Fsp3) is 0.250. The number of carbonyl (C=O) groups is 1. The number of aromatic amines is 1. The number of aryl methyl sites for hydroxylation is 1. The average Bonchev–Trinajstić information content (AvgIpc) is 2.92. The number of nitrogens with zero attached hydrogens (tertiary/aromatic N) is 1. The zero-order chi connectivity index (χ0) is 18.0. The zero-order valence-electron chi connectivity index (χ0n) is 14.7. The molecule has 0 aliphatic rings. The summed E-state index contributed by atoms with van der Waals surface area (Å²) in [4.78, 5) is 17.9. The van der Waals surface area contributed by atoms with Crippen molar-refractivity contribution in [3.8, 4) is 5.75 Å². The van der Waals surface area contributed by atoms with Crippen LogP contribution in [0.15, 0.2) is 42.5 Å². The van der Waals surface area contributed by atoms with Gasteiger partial charge in [-0.05, 0) is 38.7 Å². The monoisotopic (exact) mass is 338 g/mol. The van der Waals surface area contributed by atoms with Crippen LogP contribution in [0, 0.1) is 6.92 Å². The molecule has 2 N–H and O–H groups in total. The summed E-state index contributed by atoms with van der Waals surface area (Å²) < 4.78 is 5.51. The molecule has 0 saturated heterocycles. The Kier molecular flexibility index (Phi) is 4.76. The predicted octanol–water partition coefficient (Wildman–Crippen LogP) is 3.60. The number of esters is 1. The number of phenolic OH excluding ortho intramolecular Hbond substituents is 1. The maximum absolute atomic E-state index is 12.7. The Morgan fingerprint density at radius 3 is 2.56 bits per heavy atom. The van der Waals surface area contributed by atoms with Crippen molar-refractivity contribution in [3.63, 3.8) is 0 Å². The highest BCUT2D eigenvalue weighted by molar-refractivity contribution is 6.07. The van der Waals surface area contributed by atoms with Crippen LogP contribution in [0.5, 0.6) is 5.75 Å². The van der Waals surface area contributed by atoms with Crippen molar-refractivity contribution < 1.29 is 14.6 Å². The number of nitrogens with one attached hydrogen (secondary N) is 1. The molecule has 0 fully saturated rings. The number of ether oxygens (including phenoxy) is 1. The van der Waals surface area contributed by atoms with Crippen LogP contribution in [0.1, 0.15) is 27.2 Å². The summed E-state index contributed by atoms with van der Waals surface area (Å²) in [5, 5.41) is 11.0. The third kappa shape index (κ3) is 3.51. The fourth-order valence-corrected chi connectivity index (χ4v) is 3.01. The number of carbonyl (C=O) groups excluding carboxylic acids is 1. The van der Waals surface area contributed by atoms with Gasteiger partial charge in [0.25, 0.3) is 0 Å². The summed E-state index contributed by atoms with van der Waals surface area (Å²) >= 11 is 0. The number of hydrogen-bond acceptors (Lipinski definition) is 4. The molecule has 5 nitrogen and oxygen atoms in total. The van der Waals surface area contributed by atoms with Gasteiger partial charge in [-0.3, -0.25) is 0 Å². The first-order chi connectivity index (χ1) is 12.0. The van der Waals surface area contributed by atoms with Crippen molar-refractivity contribution in [1.29, 1.82) is 0 Å². The van der Waals surface area contributed by atoms with Crippen LogP contribution in [0.25, 0.3) is 10.9 Å². The van der Waals surface area contributed by atoms with Gasteiger partial charge in [0.2, 0.25) is 0 Å². The summed E-state index contributed by atoms with van der Waals surface area (Å²) in [6, 6.07) is 13.0. The largest absolute Gasteiger partial charge is 0.508 e. The van der Waals surface area contributed by atoms with Crippen molar-refractivity contribution in [2.45, 2.75) is 20.1 Å². The fourth-order valence-electron chi connectivity index (χ4n) is 3.01. The molecular formula is C20H22N2O3. The van der Waals surface area contributed by atoms with Crippen molar-refractivity contribution in [2.75, 3.05) is 14.1 Å². The number of hydrogen-bond donors (Lipinski definition) is 2. The Bertz CT molecular complexity index is 898. The first-order valence-electron chi connectivity index (χ1n) is 8.16. The standard InChI is InChI=1S/C20H22N2O3/c1-13-18(20(24)25-12-14-7-5-4-6-8-14)19-15(11-22(2)3)17(23)10-9-16(19)21-13/h4-10,21,23H,11-12H2,1-3H3. The minimum atomic E-state index is -0.391. The summed E-state index contributed by atoms with van der Waals surface area (Å²) in [5.74, 6) is -0.212. The van der Waals surface area contributed by atoms with E-state index in [1.165, 1.54) is 0 Å². The van der Waals surface area contributed by atoms with Crippen molar-refractivity contribution in [3.05, 3.63) is 64.8 Å². The molecule has 3 rings (SSSR count). The molecule has 0 unspecified atom stereocenters. The molecule has 25 heavy (non-hydrogen) atoms. The van der Waals surface area contributed by atoms with Gasteiger partial charge >= 0.3 is 5.97 Å². The van der Waals surface area contributed by atoms with Crippen LogP contribution in [-0.2, 0) is 17.9 Å². The van der Waals surface area contributed by atoms with E-state index in [0.717, 1.165) is 27.7 Å². The lowest BCUT2D eigenvalue weighted by atomic mass is 10.0. The topological polar surface area (TPSA) is 65.6 Å². The van der Waals surface area contributed by atoms with Crippen LogP contribution in [0.3, 0.4) is 0 Å². The Hall–Kier alpha value is -2.79. The minimum absolute atomic E-state index is 0.178. The number of fused-ring (bicyclic) bond motifs is 1. The lowest BCUT2D eigenvalue weighted by Gasteiger charge is -2.13. The summed E-state index contributed by atoms with van der Waals surface area (Å²) in [6.07, 6.45) is 0. The Morgan fingerprint density at radius 1 is 1.16 bits per heavy atom. The second-order valence-corrected chi connectivity index (χ2v) is 6.41. The van der Waals surface area contributed by atoms with Crippen LogP contribution in [0.4, 0.5) is 0 Å². The van der Waals surface area contributed by atoms with E-state index in [9.17, 15) is 9.90 Å². The Balaban J connectivity index is 1.98. The maximum Gasteiger partial charge on any atom is 0.340 e. The van der Waals surface area contributed by atoms with Gasteiger partial charge in [-0.1, -0.05) is 30.3 Å². The second-order valence-electron chi connectivity index (χ2n) is 6.41. The Morgan fingerprint density at radius 2 is 1.88 bits per heavy atom. The minimum Gasteiger partial charge on any atom is -0.508 e. The third-order valence-corrected chi connectivity index (χ3v) is 4.13. The van der Waals surface area contributed by atoms with E-state index in [4.69, 9.17) is 4.74 Å². The van der Waals surface area contributed by atoms with Crippen LogP contribution in [0.2, 0.25) is 0 Å². The Labute approximate surface area is 146 Å². The van der Waals surface area contributed by atoms with E-state index in [2.05, 4.69) is 4.98 Å². The average molecular weight is 338 g/mol. The molecule has 0 amide bonds. The molecule has 130 valence electrons. The molecule has 0 aliphatic heterocycles. The molecule has 2 aromatic carbocycles. The van der Waals surface area contributed by atoms with Gasteiger partial charge in [0, 0.05) is 28.7 Å². The lowest BCUT2D eigenvalue weighted by molar-refractivity contribution is 0.0474. The molecule has 5 heteroatoms. The highest BCUT2D eigenvalue weighted by atomic mass is 16.5. The molecule has 1 heterocycles. The number of rotatable bonds is 5.